The van der Waals surface area contributed by atoms with Crippen LogP contribution in [0.4, 0.5) is 4.79 Å². The summed E-state index contributed by atoms with van der Waals surface area (Å²) in [5, 5.41) is 105. The van der Waals surface area contributed by atoms with E-state index in [9.17, 15) is 64.5 Å². The lowest BCUT2D eigenvalue weighted by atomic mass is 9.89. The predicted molar refractivity (Wildman–Crippen MR) is 387 cm³/mol. The van der Waals surface area contributed by atoms with Gasteiger partial charge in [-0.15, -0.1) is 0 Å². The fraction of sp³-hybridized carbons (Fsp3) is 0.307. The molecule has 7 aromatic carbocycles. The van der Waals surface area contributed by atoms with Crippen LogP contribution in [0.2, 0.25) is 10.0 Å². The summed E-state index contributed by atoms with van der Waals surface area (Å²) in [6, 6.07) is 6.66. The van der Waals surface area contributed by atoms with Gasteiger partial charge in [0.2, 0.25) is 53.0 Å². The third-order valence-corrected chi connectivity index (χ3v) is 18.1. The lowest BCUT2D eigenvalue weighted by molar-refractivity contribution is -0.137. The number of ether oxygens (including phenoxy) is 4. The highest BCUT2D eigenvalue weighted by atomic mass is 35.5. The molecule has 33 heteroatoms. The van der Waals surface area contributed by atoms with Crippen molar-refractivity contribution in [2.45, 2.75) is 140 Å². The zero-order chi connectivity index (χ0) is 78.5. The van der Waals surface area contributed by atoms with E-state index in [2.05, 4.69) is 47.9 Å². The predicted octanol–water partition coefficient (Wildman–Crippen LogP) is 7.34. The van der Waals surface area contributed by atoms with Crippen molar-refractivity contribution in [3.8, 4) is 80.1 Å². The van der Waals surface area contributed by atoms with Gasteiger partial charge in [0.05, 0.1) is 22.1 Å². The first-order valence-electron chi connectivity index (χ1n) is 33.9. The first kappa shape index (κ1) is 78.5. The third kappa shape index (κ3) is 18.4. The van der Waals surface area contributed by atoms with Gasteiger partial charge in [0.15, 0.2) is 28.8 Å². The van der Waals surface area contributed by atoms with Crippen LogP contribution in [0.1, 0.15) is 142 Å². The second-order valence-corrected chi connectivity index (χ2v) is 27.9. The Morgan fingerprint density at radius 2 is 1.27 bits per heavy atom. The second-order valence-electron chi connectivity index (χ2n) is 27.1. The summed E-state index contributed by atoms with van der Waals surface area (Å²) >= 11 is 13.6. The molecule has 11 rings (SSSR count). The van der Waals surface area contributed by atoms with E-state index < -0.39 is 171 Å². The van der Waals surface area contributed by atoms with Crippen LogP contribution >= 0.6 is 23.2 Å². The largest absolute Gasteiger partial charge is 0.508 e. The highest BCUT2D eigenvalue weighted by Crippen LogP contribution is 2.48. The van der Waals surface area contributed by atoms with Crippen LogP contribution in [-0.2, 0) is 47.9 Å². The van der Waals surface area contributed by atoms with Crippen LogP contribution in [0.15, 0.2) is 115 Å². The Bertz CT molecular complexity index is 4760. The molecule has 0 unspecified atom stereocenters. The molecule has 108 heavy (non-hydrogen) atoms. The molecule has 0 aliphatic carbocycles. The molecule has 4 heterocycles. The average molecular weight is 1530 g/mol. The number of carbonyl (C=O) groups excluding carboxylic acids is 10. The lowest BCUT2D eigenvalue weighted by Crippen LogP contribution is -2.55. The number of nitrogens with two attached hydrogens (primary N) is 1. The van der Waals surface area contributed by atoms with Crippen molar-refractivity contribution in [3.05, 3.63) is 164 Å². The third-order valence-electron chi connectivity index (χ3n) is 17.5. The Hall–Kier alpha value is -12.1. The number of phenolic OH excluding ortho intramolecular Hbond substituents is 6. The van der Waals surface area contributed by atoms with Crippen molar-refractivity contribution in [3.63, 3.8) is 0 Å². The van der Waals surface area contributed by atoms with E-state index in [-0.39, 0.29) is 97.2 Å². The number of alkyl carbamates (subject to hydrolysis) is 1. The average Bonchev–Trinajstić information content (AvgIpc) is 0.764. The van der Waals surface area contributed by atoms with Crippen LogP contribution in [0.5, 0.6) is 69.0 Å². The van der Waals surface area contributed by atoms with Gasteiger partial charge in [0.25, 0.3) is 0 Å². The Morgan fingerprint density at radius 3 is 1.98 bits per heavy atom. The number of amides is 9. The fourth-order valence-electron chi connectivity index (χ4n) is 12.0. The van der Waals surface area contributed by atoms with Crippen molar-refractivity contribution in [2.75, 3.05) is 6.54 Å². The van der Waals surface area contributed by atoms with Gasteiger partial charge in [-0.1, -0.05) is 53.9 Å². The molecule has 0 spiro atoms. The number of carbonyl (C=O) groups is 10. The standard InChI is InChI=1S/C75H78Cl2N10O21/c1-32-12-18-52(46(76)21-32)106-55-27-40-28-56(65(55)95)107-53-19-15-38(25-47(53)77)64(94)63-73(103)85-62(68(98)79-20-10-8-9-11-48(90)34(3)80-66(96)33(2)78)45-30-42(89)31-51(93)57(45)44-24-36(13-16-49(44)91)58(70(100)86-63)83-72(102)61(40)84-71(101)60-39-22-41(88)29-43(23-39)105-54-26-37(14-17-50(54)92)59(87-74(104)108-75(5,6)7)69(99)81-35(4)67(97)82-60/h12-19,21-31,33-35,58-64,88-89,91-95H,8-11,20,78H2,1-7H3,(H,79,98)(H,80,96)(H,81,99)(H,82,97)(H,83,102)(H,84,101)(H,85,103)(H,86,100)(H,87,104)/t33-,34-,35-,58-,59-,60+,61-,62+,63+,64-/m1/s1. The summed E-state index contributed by atoms with van der Waals surface area (Å²) in [6.07, 6.45) is -2.26. The van der Waals surface area contributed by atoms with E-state index >= 15 is 19.2 Å². The second kappa shape index (κ2) is 32.8. The maximum atomic E-state index is 16.1. The van der Waals surface area contributed by atoms with Gasteiger partial charge in [0.1, 0.15) is 94.2 Å². The molecule has 4 aliphatic rings. The number of hydrogen-bond acceptors (Lipinski definition) is 22. The molecule has 4 aliphatic heterocycles. The van der Waals surface area contributed by atoms with Gasteiger partial charge in [0, 0.05) is 36.2 Å². The van der Waals surface area contributed by atoms with Crippen molar-refractivity contribution >= 4 is 82.3 Å². The minimum atomic E-state index is -2.25. The van der Waals surface area contributed by atoms with E-state index in [0.717, 1.165) is 72.8 Å². The van der Waals surface area contributed by atoms with Crippen LogP contribution < -0.4 is 67.8 Å². The quantitative estimate of drug-likeness (QED) is 0.0446. The number of fused-ring (bicyclic) bond motifs is 12. The van der Waals surface area contributed by atoms with Crippen molar-refractivity contribution < 1.29 is 103 Å². The number of hydrogen-bond donors (Lipinski definition) is 17. The zero-order valence-corrected chi connectivity index (χ0v) is 60.5. The van der Waals surface area contributed by atoms with Gasteiger partial charge in [-0.25, -0.2) is 4.79 Å². The Labute approximate surface area is 626 Å². The molecule has 9 amide bonds. The number of halogens is 2. The van der Waals surface area contributed by atoms with E-state index in [4.69, 9.17) is 47.9 Å². The van der Waals surface area contributed by atoms with Crippen molar-refractivity contribution in [1.29, 1.82) is 0 Å². The maximum absolute atomic E-state index is 16.1. The van der Waals surface area contributed by atoms with Crippen LogP contribution in [0.3, 0.4) is 0 Å². The number of aliphatic hydroxyl groups excluding tert-OH is 1. The van der Waals surface area contributed by atoms with E-state index in [0.29, 0.717) is 18.4 Å². The molecule has 12 bridgehead atoms. The Morgan fingerprint density at radius 1 is 0.593 bits per heavy atom. The minimum absolute atomic E-state index is 0.0103. The normalized spacial score (nSPS) is 19.8. The molecular weight excluding hydrogens is 1450 g/mol. The first-order chi connectivity index (χ1) is 51.0. The molecule has 31 nitrogen and oxygen atoms in total. The van der Waals surface area contributed by atoms with Gasteiger partial charge in [-0.2, -0.15) is 0 Å². The smallest absolute Gasteiger partial charge is 0.408 e. The van der Waals surface area contributed by atoms with Crippen LogP contribution in [0.25, 0.3) is 11.1 Å². The number of benzene rings is 7. The summed E-state index contributed by atoms with van der Waals surface area (Å²) < 4.78 is 24.1. The molecule has 7 aromatic rings. The van der Waals surface area contributed by atoms with Gasteiger partial charge in [-0.3, -0.25) is 43.2 Å². The highest BCUT2D eigenvalue weighted by Gasteiger charge is 2.42. The number of ketones is 1. The number of aryl methyl sites for hydroxylation is 1. The van der Waals surface area contributed by atoms with Crippen LogP contribution in [0, 0.1) is 6.92 Å². The molecular formula is C75H78Cl2N10O21. The number of phenols is 6. The van der Waals surface area contributed by atoms with E-state index in [1.165, 1.54) is 57.2 Å². The number of rotatable bonds is 15. The van der Waals surface area contributed by atoms with E-state index in [1.807, 2.05) is 0 Å². The first-order valence-corrected chi connectivity index (χ1v) is 34.6. The molecule has 10 atom stereocenters. The molecule has 0 saturated carbocycles. The Balaban J connectivity index is 1.10. The minimum Gasteiger partial charge on any atom is -0.508 e. The Kier molecular flexibility index (Phi) is 23.8. The SMILES string of the molecule is Cc1ccc(Oc2cc3cc(c2O)Oc2ccc(cc2Cl)[C@@H](O)[C@@H]2NC(=O)[C@H](NC(=O)[C@@H]3NC(=O)[C@H]3NC(=O)[C@@H](C)NC(=O)[C@H](NC(=O)OC(C)(C)C)c4ccc(O)c(c4)Oc4cc(O)cc3c4)c3ccc(O)c(c3)-c3c(O)cc(O)cc3[C@@H](C(=O)NCCCCCC(=O)[C@@H](C)NC(=O)[C@@H](C)N)NC2=O)c(Cl)c1. The van der Waals surface area contributed by atoms with Crippen molar-refractivity contribution in [2.24, 2.45) is 5.73 Å². The summed E-state index contributed by atoms with van der Waals surface area (Å²) in [6.45, 7) is 10.6. The number of Topliss-reactive ketones (excluding diaryl/α,β-unsaturated/α-hetero) is 1. The maximum Gasteiger partial charge on any atom is 0.408 e. The van der Waals surface area contributed by atoms with Crippen molar-refractivity contribution in [1.82, 2.24) is 47.9 Å². The van der Waals surface area contributed by atoms with Gasteiger partial charge < -0.3 is 108 Å². The summed E-state index contributed by atoms with van der Waals surface area (Å²) in [5.74, 6) is -15.4. The molecule has 18 N–H and O–H groups in total. The molecule has 0 fully saturated rings. The van der Waals surface area contributed by atoms with Gasteiger partial charge in [-0.05, 0) is 179 Å². The zero-order valence-electron chi connectivity index (χ0n) is 59.0. The number of aromatic hydroxyl groups is 6. The van der Waals surface area contributed by atoms with E-state index in [1.54, 1.807) is 33.8 Å². The number of aliphatic hydroxyl groups is 1. The number of nitrogens with one attached hydrogen (secondary N) is 9. The molecule has 568 valence electrons. The topological polar surface area (TPSA) is 484 Å². The summed E-state index contributed by atoms with van der Waals surface area (Å²) in [7, 11) is 0. The lowest BCUT2D eigenvalue weighted by Gasteiger charge is -2.31. The molecule has 0 aromatic heterocycles. The fourth-order valence-corrected chi connectivity index (χ4v) is 12.5. The molecule has 0 saturated heterocycles. The summed E-state index contributed by atoms with van der Waals surface area (Å²) in [5.41, 5.74) is 2.93. The highest BCUT2D eigenvalue weighted by molar-refractivity contribution is 6.32. The van der Waals surface area contributed by atoms with Crippen LogP contribution in [-0.4, -0.2) is 131 Å². The van der Waals surface area contributed by atoms with Gasteiger partial charge >= 0.3 is 6.09 Å². The molecule has 0 radical (unpaired) electrons. The monoisotopic (exact) mass is 1520 g/mol. The summed E-state index contributed by atoms with van der Waals surface area (Å²) in [4.78, 5) is 145. The number of unbranched alkanes of at least 4 members (excludes halogenated alkanes) is 2.